The summed E-state index contributed by atoms with van der Waals surface area (Å²) in [5, 5.41) is 4.11. The highest BCUT2D eigenvalue weighted by Gasteiger charge is 2.29. The van der Waals surface area contributed by atoms with Crippen molar-refractivity contribution < 1.29 is 13.7 Å². The van der Waals surface area contributed by atoms with Crippen LogP contribution in [0, 0.1) is 13.8 Å². The summed E-state index contributed by atoms with van der Waals surface area (Å²) in [6.45, 7) is 8.17. The van der Waals surface area contributed by atoms with Gasteiger partial charge in [0.2, 0.25) is 12.1 Å². The number of aryl methyl sites for hydroxylation is 1. The van der Waals surface area contributed by atoms with E-state index in [1.54, 1.807) is 12.5 Å². The first kappa shape index (κ1) is 21.1. The van der Waals surface area contributed by atoms with Gasteiger partial charge in [-0.1, -0.05) is 61.5 Å². The smallest absolute Gasteiger partial charge is 0.237 e. The number of benzene rings is 2. The Morgan fingerprint density at radius 3 is 2.58 bits per heavy atom. The van der Waals surface area contributed by atoms with Gasteiger partial charge in [0.15, 0.2) is 5.89 Å². The average Bonchev–Trinajstić information content (AvgIpc) is 3.56. The van der Waals surface area contributed by atoms with Crippen molar-refractivity contribution in [1.82, 2.24) is 10.1 Å². The minimum atomic E-state index is -0.338. The van der Waals surface area contributed by atoms with E-state index in [2.05, 4.69) is 61.5 Å². The Labute approximate surface area is 193 Å². The van der Waals surface area contributed by atoms with Crippen LogP contribution in [0.5, 0.6) is 0 Å². The van der Waals surface area contributed by atoms with E-state index >= 15 is 0 Å². The van der Waals surface area contributed by atoms with Gasteiger partial charge in [-0.05, 0) is 42.5 Å². The molecule has 5 rings (SSSR count). The molecule has 33 heavy (non-hydrogen) atoms. The van der Waals surface area contributed by atoms with Crippen molar-refractivity contribution in [1.29, 1.82) is 0 Å². The maximum absolute atomic E-state index is 5.98. The number of hydrogen-bond acceptors (Lipinski definition) is 6. The lowest BCUT2D eigenvalue weighted by molar-refractivity contribution is 0.169. The Hall–Kier alpha value is -3.80. The molecule has 1 atom stereocenters. The highest BCUT2D eigenvalue weighted by Crippen LogP contribution is 2.37. The Kier molecular flexibility index (Phi) is 5.50. The van der Waals surface area contributed by atoms with Crippen LogP contribution in [0.25, 0.3) is 11.1 Å². The molecule has 6 nitrogen and oxygen atoms in total. The monoisotopic (exact) mass is 441 g/mol. The predicted molar refractivity (Wildman–Crippen MR) is 127 cm³/mol. The lowest BCUT2D eigenvalue weighted by Crippen LogP contribution is -2.20. The Morgan fingerprint density at radius 1 is 1.06 bits per heavy atom. The summed E-state index contributed by atoms with van der Waals surface area (Å²) in [6, 6.07) is 16.8. The van der Waals surface area contributed by atoms with E-state index in [9.17, 15) is 0 Å². The molecule has 0 bridgehead atoms. The fourth-order valence-corrected chi connectivity index (χ4v) is 4.02. The maximum atomic E-state index is 5.98. The number of anilines is 1. The normalized spacial score (nSPS) is 15.4. The molecule has 3 heterocycles. The Bertz CT molecular complexity index is 1290. The van der Waals surface area contributed by atoms with E-state index < -0.39 is 0 Å². The van der Waals surface area contributed by atoms with Gasteiger partial charge in [-0.15, -0.1) is 0 Å². The fraction of sp³-hybridized carbons (Fsp3) is 0.259. The summed E-state index contributed by atoms with van der Waals surface area (Å²) in [7, 11) is 0. The van der Waals surface area contributed by atoms with Gasteiger partial charge in [-0.2, -0.15) is 0 Å². The lowest BCUT2D eigenvalue weighted by atomic mass is 9.95. The third-order valence-corrected chi connectivity index (χ3v) is 6.05. The molecule has 2 aromatic heterocycles. The standard InChI is InChI=1S/C27H27N3O3/c1-17(2)24-16-32-25(28-24)15-22-14-21(10-11-23(22)20-8-6-5-7-9-20)27-30(12-13-31-27)26-18(3)19(4)29-33-26/h5-14,16-17,27H,15H2,1-4H3. The number of hydrogen-bond donors (Lipinski definition) is 0. The SMILES string of the molecule is Cc1noc(N2C=COC2c2ccc(-c3ccccc3)c(Cc3nc(C(C)C)co3)c2)c1C. The van der Waals surface area contributed by atoms with Crippen molar-refractivity contribution in [2.45, 2.75) is 46.3 Å². The molecule has 6 heteroatoms. The van der Waals surface area contributed by atoms with E-state index in [0.717, 1.165) is 39.2 Å². The largest absolute Gasteiger partial charge is 0.472 e. The third-order valence-electron chi connectivity index (χ3n) is 6.05. The Balaban J connectivity index is 1.53. The molecule has 4 aromatic rings. The van der Waals surface area contributed by atoms with Crippen molar-refractivity contribution >= 4 is 5.88 Å². The molecule has 0 amide bonds. The van der Waals surface area contributed by atoms with E-state index in [0.29, 0.717) is 24.1 Å². The van der Waals surface area contributed by atoms with Crippen molar-refractivity contribution in [2.75, 3.05) is 4.90 Å². The van der Waals surface area contributed by atoms with Gasteiger partial charge in [0.05, 0.1) is 11.4 Å². The number of ether oxygens (including phenoxy) is 1. The topological polar surface area (TPSA) is 64.5 Å². The minimum absolute atomic E-state index is 0.322. The molecule has 168 valence electrons. The van der Waals surface area contributed by atoms with Gasteiger partial charge in [-0.3, -0.25) is 4.90 Å². The molecule has 0 saturated carbocycles. The van der Waals surface area contributed by atoms with Gasteiger partial charge in [0, 0.05) is 23.7 Å². The molecule has 0 saturated heterocycles. The van der Waals surface area contributed by atoms with E-state index in [-0.39, 0.29) is 6.23 Å². The van der Waals surface area contributed by atoms with E-state index in [1.165, 1.54) is 0 Å². The van der Waals surface area contributed by atoms with Crippen molar-refractivity contribution in [2.24, 2.45) is 0 Å². The van der Waals surface area contributed by atoms with E-state index in [4.69, 9.17) is 18.7 Å². The number of nitrogens with zero attached hydrogens (tertiary/aromatic N) is 3. The molecule has 1 aliphatic heterocycles. The number of aromatic nitrogens is 2. The van der Waals surface area contributed by atoms with Crippen LogP contribution in [0.4, 0.5) is 5.88 Å². The summed E-state index contributed by atoms with van der Waals surface area (Å²) >= 11 is 0. The summed E-state index contributed by atoms with van der Waals surface area (Å²) < 4.78 is 17.4. The molecular weight excluding hydrogens is 414 g/mol. The maximum Gasteiger partial charge on any atom is 0.237 e. The third kappa shape index (κ3) is 4.04. The molecular formula is C27H27N3O3. The molecule has 0 N–H and O–H groups in total. The zero-order valence-corrected chi connectivity index (χ0v) is 19.3. The predicted octanol–water partition coefficient (Wildman–Crippen LogP) is 6.67. The number of rotatable bonds is 6. The molecule has 1 aliphatic rings. The summed E-state index contributed by atoms with van der Waals surface area (Å²) in [5.41, 5.74) is 7.27. The first-order chi connectivity index (χ1) is 16.0. The highest BCUT2D eigenvalue weighted by molar-refractivity contribution is 5.68. The van der Waals surface area contributed by atoms with Crippen LogP contribution in [-0.2, 0) is 11.2 Å². The molecule has 1 unspecified atom stereocenters. The lowest BCUT2D eigenvalue weighted by Gasteiger charge is -2.23. The van der Waals surface area contributed by atoms with Crippen LogP contribution in [0.3, 0.4) is 0 Å². The molecule has 0 fully saturated rings. The molecule has 0 aliphatic carbocycles. The average molecular weight is 442 g/mol. The number of oxazole rings is 1. The Morgan fingerprint density at radius 2 is 1.88 bits per heavy atom. The van der Waals surface area contributed by atoms with Crippen LogP contribution in [0.2, 0.25) is 0 Å². The quantitative estimate of drug-likeness (QED) is 0.333. The van der Waals surface area contributed by atoms with Crippen molar-refractivity contribution in [3.8, 4) is 11.1 Å². The van der Waals surface area contributed by atoms with Crippen LogP contribution in [0.15, 0.2) is 76.2 Å². The second-order valence-electron chi connectivity index (χ2n) is 8.66. The van der Waals surface area contributed by atoms with Gasteiger partial charge in [0.1, 0.15) is 12.5 Å². The van der Waals surface area contributed by atoms with Crippen molar-refractivity contribution in [3.05, 3.63) is 101 Å². The minimum Gasteiger partial charge on any atom is -0.472 e. The summed E-state index contributed by atoms with van der Waals surface area (Å²) in [5.74, 6) is 1.72. The molecule has 2 aromatic carbocycles. The van der Waals surface area contributed by atoms with Gasteiger partial charge < -0.3 is 13.7 Å². The first-order valence-corrected chi connectivity index (χ1v) is 11.2. The molecule has 0 radical (unpaired) electrons. The van der Waals surface area contributed by atoms with E-state index in [1.807, 2.05) is 31.0 Å². The summed E-state index contributed by atoms with van der Waals surface area (Å²) in [4.78, 5) is 6.67. The van der Waals surface area contributed by atoms with Crippen LogP contribution in [-0.4, -0.2) is 10.1 Å². The first-order valence-electron chi connectivity index (χ1n) is 11.2. The zero-order chi connectivity index (χ0) is 22.9. The second kappa shape index (κ2) is 8.62. The van der Waals surface area contributed by atoms with Gasteiger partial charge in [-0.25, -0.2) is 4.98 Å². The highest BCUT2D eigenvalue weighted by atomic mass is 16.5. The van der Waals surface area contributed by atoms with Gasteiger partial charge >= 0.3 is 0 Å². The summed E-state index contributed by atoms with van der Waals surface area (Å²) in [6.07, 6.45) is 5.58. The van der Waals surface area contributed by atoms with Crippen LogP contribution in [0.1, 0.15) is 60.0 Å². The van der Waals surface area contributed by atoms with Crippen molar-refractivity contribution in [3.63, 3.8) is 0 Å². The van der Waals surface area contributed by atoms with Gasteiger partial charge in [0.25, 0.3) is 0 Å². The molecule has 0 spiro atoms. The zero-order valence-electron chi connectivity index (χ0n) is 19.3. The second-order valence-corrected chi connectivity index (χ2v) is 8.66. The fourth-order valence-electron chi connectivity index (χ4n) is 4.02. The van der Waals surface area contributed by atoms with Crippen LogP contribution < -0.4 is 4.90 Å². The van der Waals surface area contributed by atoms with Crippen LogP contribution >= 0.6 is 0 Å².